The Balaban J connectivity index is 1.57. The molecule has 1 aliphatic rings. The van der Waals surface area contributed by atoms with Crippen LogP contribution in [0.1, 0.15) is 29.2 Å². The van der Waals surface area contributed by atoms with Gasteiger partial charge in [0.2, 0.25) is 5.91 Å². The molecule has 1 amide bonds. The molecule has 2 aromatic carbocycles. The molecular formula is C22H24N4O2S. The van der Waals surface area contributed by atoms with Gasteiger partial charge in [0.05, 0.1) is 0 Å². The Labute approximate surface area is 173 Å². The third-order valence-electron chi connectivity index (χ3n) is 5.16. The summed E-state index contributed by atoms with van der Waals surface area (Å²) >= 11 is 1.35. The van der Waals surface area contributed by atoms with Crippen molar-refractivity contribution in [1.82, 2.24) is 19.7 Å². The number of likely N-dealkylation sites (tertiary alicyclic amines) is 1. The molecule has 4 rings (SSSR count). The third-order valence-corrected chi connectivity index (χ3v) is 6.39. The van der Waals surface area contributed by atoms with Crippen molar-refractivity contribution in [3.05, 3.63) is 82.3 Å². The highest BCUT2D eigenvalue weighted by atomic mass is 32.2. The van der Waals surface area contributed by atoms with Crippen molar-refractivity contribution < 1.29 is 4.79 Å². The number of carbonyl (C=O) groups is 1. The topological polar surface area (TPSA) is 71.0 Å². The number of nitrogens with zero attached hydrogens (tertiary/aromatic N) is 3. The van der Waals surface area contributed by atoms with Crippen LogP contribution in [0, 0.1) is 0 Å². The molecule has 1 atom stereocenters. The zero-order valence-electron chi connectivity index (χ0n) is 16.2. The van der Waals surface area contributed by atoms with Gasteiger partial charge in [0, 0.05) is 19.6 Å². The molecule has 1 aromatic heterocycles. The molecular weight excluding hydrogens is 384 g/mol. The van der Waals surface area contributed by atoms with Crippen LogP contribution in [0.15, 0.2) is 70.6 Å². The van der Waals surface area contributed by atoms with Gasteiger partial charge in [-0.25, -0.2) is 9.89 Å². The van der Waals surface area contributed by atoms with Crippen molar-refractivity contribution in [2.24, 2.45) is 0 Å². The van der Waals surface area contributed by atoms with E-state index in [0.29, 0.717) is 11.7 Å². The number of aromatic nitrogens is 3. The first kappa shape index (κ1) is 19.5. The smallest absolute Gasteiger partial charge is 0.341 e. The van der Waals surface area contributed by atoms with Crippen molar-refractivity contribution in [3.8, 4) is 0 Å². The Bertz CT molecular complexity index is 994. The summed E-state index contributed by atoms with van der Waals surface area (Å²) in [6, 6.07) is 19.8. The lowest BCUT2D eigenvalue weighted by Gasteiger charge is -2.23. The predicted octanol–water partition coefficient (Wildman–Crippen LogP) is 3.27. The fourth-order valence-electron chi connectivity index (χ4n) is 3.57. The van der Waals surface area contributed by atoms with E-state index in [1.165, 1.54) is 11.8 Å². The minimum absolute atomic E-state index is 0.0868. The molecule has 150 valence electrons. The Kier molecular flexibility index (Phi) is 6.14. The van der Waals surface area contributed by atoms with Gasteiger partial charge in [0.1, 0.15) is 5.25 Å². The van der Waals surface area contributed by atoms with Gasteiger partial charge in [-0.3, -0.25) is 9.36 Å². The number of rotatable bonds is 7. The maximum atomic E-state index is 13.2. The molecule has 0 spiro atoms. The van der Waals surface area contributed by atoms with Crippen LogP contribution in [0.5, 0.6) is 0 Å². The summed E-state index contributed by atoms with van der Waals surface area (Å²) in [5, 5.41) is 6.90. The van der Waals surface area contributed by atoms with Crippen molar-refractivity contribution in [2.45, 2.75) is 36.2 Å². The molecule has 1 saturated heterocycles. The zero-order valence-corrected chi connectivity index (χ0v) is 17.0. The highest BCUT2D eigenvalue weighted by Gasteiger charge is 2.30. The second kappa shape index (κ2) is 9.13. The summed E-state index contributed by atoms with van der Waals surface area (Å²) < 4.78 is 1.63. The Morgan fingerprint density at radius 1 is 1.03 bits per heavy atom. The minimum Gasteiger partial charge on any atom is -0.341 e. The number of H-pyrrole nitrogens is 1. The van der Waals surface area contributed by atoms with Crippen LogP contribution >= 0.6 is 11.8 Å². The van der Waals surface area contributed by atoms with Crippen LogP contribution in [0.4, 0.5) is 0 Å². The largest absolute Gasteiger partial charge is 0.343 e. The first-order chi connectivity index (χ1) is 14.2. The standard InChI is InChI=1S/C22H24N4O2S/c27-20(25-14-7-8-15-25)19(18-11-5-2-6-12-18)29-22-24-23-21(28)26(22)16-13-17-9-3-1-4-10-17/h1-6,9-12,19H,7-8,13-16H2,(H,23,28)/t19-/m1/s1. The second-order valence-corrected chi connectivity index (χ2v) is 8.21. The van der Waals surface area contributed by atoms with Gasteiger partial charge < -0.3 is 4.90 Å². The number of carbonyl (C=O) groups excluding carboxylic acids is 1. The Morgan fingerprint density at radius 2 is 1.69 bits per heavy atom. The van der Waals surface area contributed by atoms with E-state index in [0.717, 1.165) is 43.5 Å². The van der Waals surface area contributed by atoms with Crippen LogP contribution in [0.25, 0.3) is 0 Å². The monoisotopic (exact) mass is 408 g/mol. The minimum atomic E-state index is -0.417. The molecule has 0 unspecified atom stereocenters. The van der Waals surface area contributed by atoms with Crippen LogP contribution in [0.3, 0.4) is 0 Å². The van der Waals surface area contributed by atoms with E-state index in [4.69, 9.17) is 0 Å². The first-order valence-corrected chi connectivity index (χ1v) is 10.8. The molecule has 1 aliphatic heterocycles. The van der Waals surface area contributed by atoms with Gasteiger partial charge in [0.25, 0.3) is 0 Å². The van der Waals surface area contributed by atoms with Gasteiger partial charge in [-0.1, -0.05) is 72.4 Å². The van der Waals surface area contributed by atoms with Gasteiger partial charge in [-0.2, -0.15) is 0 Å². The lowest BCUT2D eigenvalue weighted by molar-refractivity contribution is -0.129. The van der Waals surface area contributed by atoms with E-state index in [9.17, 15) is 9.59 Å². The fraction of sp³-hybridized carbons (Fsp3) is 0.318. The fourth-order valence-corrected chi connectivity index (χ4v) is 4.73. The van der Waals surface area contributed by atoms with Crippen molar-refractivity contribution in [2.75, 3.05) is 13.1 Å². The molecule has 0 radical (unpaired) electrons. The van der Waals surface area contributed by atoms with Crippen LogP contribution < -0.4 is 5.69 Å². The number of thioether (sulfide) groups is 1. The Morgan fingerprint density at radius 3 is 2.38 bits per heavy atom. The number of hydrogen-bond donors (Lipinski definition) is 1. The molecule has 29 heavy (non-hydrogen) atoms. The van der Waals surface area contributed by atoms with Gasteiger partial charge in [-0.05, 0) is 30.4 Å². The molecule has 0 saturated carbocycles. The molecule has 1 N–H and O–H groups in total. The normalized spacial score (nSPS) is 14.8. The van der Waals surface area contributed by atoms with Crippen molar-refractivity contribution >= 4 is 17.7 Å². The van der Waals surface area contributed by atoms with Crippen LogP contribution in [-0.4, -0.2) is 38.7 Å². The zero-order chi connectivity index (χ0) is 20.1. The summed E-state index contributed by atoms with van der Waals surface area (Å²) in [7, 11) is 0. The summed E-state index contributed by atoms with van der Waals surface area (Å²) in [6.45, 7) is 2.11. The SMILES string of the molecule is O=C([C@H](Sc1n[nH]c(=O)n1CCc1ccccc1)c1ccccc1)N1CCCC1. The number of amides is 1. The Hall–Kier alpha value is -2.80. The summed E-state index contributed by atoms with van der Waals surface area (Å²) in [4.78, 5) is 27.5. The number of benzene rings is 2. The quantitative estimate of drug-likeness (QED) is 0.609. The van der Waals surface area contributed by atoms with E-state index in [1.54, 1.807) is 4.57 Å². The van der Waals surface area contributed by atoms with Crippen molar-refractivity contribution in [1.29, 1.82) is 0 Å². The molecule has 2 heterocycles. The van der Waals surface area contributed by atoms with E-state index < -0.39 is 5.25 Å². The summed E-state index contributed by atoms with van der Waals surface area (Å²) in [5.74, 6) is 0.0868. The second-order valence-electron chi connectivity index (χ2n) is 7.14. The van der Waals surface area contributed by atoms with Gasteiger partial charge >= 0.3 is 5.69 Å². The first-order valence-electron chi connectivity index (χ1n) is 9.92. The lowest BCUT2D eigenvalue weighted by atomic mass is 10.1. The van der Waals surface area contributed by atoms with Gasteiger partial charge in [0.15, 0.2) is 5.16 Å². The summed E-state index contributed by atoms with van der Waals surface area (Å²) in [6.07, 6.45) is 2.81. The predicted molar refractivity (Wildman–Crippen MR) is 114 cm³/mol. The molecule has 1 fully saturated rings. The van der Waals surface area contributed by atoms with E-state index in [-0.39, 0.29) is 11.6 Å². The highest BCUT2D eigenvalue weighted by Crippen LogP contribution is 2.36. The number of hydrogen-bond acceptors (Lipinski definition) is 4. The molecule has 6 nitrogen and oxygen atoms in total. The van der Waals surface area contributed by atoms with Gasteiger partial charge in [-0.15, -0.1) is 5.10 Å². The average Bonchev–Trinajstić information content (AvgIpc) is 3.42. The van der Waals surface area contributed by atoms with Crippen molar-refractivity contribution in [3.63, 3.8) is 0 Å². The third kappa shape index (κ3) is 4.62. The number of aromatic amines is 1. The lowest BCUT2D eigenvalue weighted by Crippen LogP contribution is -2.31. The maximum absolute atomic E-state index is 13.2. The van der Waals surface area contributed by atoms with Crippen LogP contribution in [0.2, 0.25) is 0 Å². The van der Waals surface area contributed by atoms with E-state index in [2.05, 4.69) is 10.2 Å². The molecule has 0 aliphatic carbocycles. The van der Waals surface area contributed by atoms with E-state index >= 15 is 0 Å². The molecule has 7 heteroatoms. The maximum Gasteiger partial charge on any atom is 0.343 e. The molecule has 3 aromatic rings. The highest BCUT2D eigenvalue weighted by molar-refractivity contribution is 8.00. The average molecular weight is 409 g/mol. The van der Waals surface area contributed by atoms with Crippen LogP contribution in [-0.2, 0) is 17.8 Å². The number of nitrogens with one attached hydrogen (secondary N) is 1. The number of aryl methyl sites for hydroxylation is 1. The summed E-state index contributed by atoms with van der Waals surface area (Å²) in [5.41, 5.74) is 1.84. The van der Waals surface area contributed by atoms with E-state index in [1.807, 2.05) is 65.6 Å². The molecule has 0 bridgehead atoms.